The predicted molar refractivity (Wildman–Crippen MR) is 114 cm³/mol. The average Bonchev–Trinajstić information content (AvgIpc) is 2.74. The lowest BCUT2D eigenvalue weighted by Gasteiger charge is -2.16. The summed E-state index contributed by atoms with van der Waals surface area (Å²) in [5.74, 6) is 0.0344. The Morgan fingerprint density at radius 2 is 1.55 bits per heavy atom. The van der Waals surface area contributed by atoms with Gasteiger partial charge in [-0.1, -0.05) is 60.2 Å². The summed E-state index contributed by atoms with van der Waals surface area (Å²) in [5.41, 5.74) is 2.97. The van der Waals surface area contributed by atoms with Crippen LogP contribution in [0.5, 0.6) is 5.75 Å². The van der Waals surface area contributed by atoms with Crippen molar-refractivity contribution < 1.29 is 14.3 Å². The van der Waals surface area contributed by atoms with Gasteiger partial charge in [0.2, 0.25) is 0 Å². The summed E-state index contributed by atoms with van der Waals surface area (Å²) in [6, 6.07) is 23.9. The molecular weight excluding hydrogens is 364 g/mol. The molecule has 0 aliphatic carbocycles. The Labute approximate surface area is 170 Å². The Morgan fingerprint density at radius 1 is 0.897 bits per heavy atom. The van der Waals surface area contributed by atoms with Crippen molar-refractivity contribution in [3.8, 4) is 5.75 Å². The van der Waals surface area contributed by atoms with Crippen LogP contribution in [0.2, 0.25) is 0 Å². The molecule has 2 N–H and O–H groups in total. The van der Waals surface area contributed by atoms with E-state index in [1.807, 2.05) is 68.4 Å². The van der Waals surface area contributed by atoms with E-state index in [0.717, 1.165) is 11.1 Å². The van der Waals surface area contributed by atoms with E-state index < -0.39 is 0 Å². The molecule has 0 spiro atoms. The molecule has 0 saturated carbocycles. The maximum Gasteiger partial charge on any atom is 0.262 e. The minimum atomic E-state index is -0.332. The zero-order chi connectivity index (χ0) is 20.6. The fourth-order valence-electron chi connectivity index (χ4n) is 2.86. The Morgan fingerprint density at radius 3 is 2.28 bits per heavy atom. The van der Waals surface area contributed by atoms with E-state index in [2.05, 4.69) is 10.6 Å². The second-order valence-corrected chi connectivity index (χ2v) is 6.80. The van der Waals surface area contributed by atoms with Crippen molar-refractivity contribution in [2.45, 2.75) is 19.9 Å². The summed E-state index contributed by atoms with van der Waals surface area (Å²) in [6.45, 7) is 3.76. The molecule has 0 heterocycles. The van der Waals surface area contributed by atoms with Crippen molar-refractivity contribution in [2.24, 2.45) is 0 Å². The molecule has 0 aromatic heterocycles. The van der Waals surface area contributed by atoms with Crippen LogP contribution in [0, 0.1) is 6.92 Å². The number of nitrogens with one attached hydrogen (secondary N) is 2. The molecule has 0 saturated heterocycles. The molecule has 3 aromatic carbocycles. The highest BCUT2D eigenvalue weighted by Gasteiger charge is 2.16. The number of carbonyl (C=O) groups is 2. The van der Waals surface area contributed by atoms with Crippen LogP contribution in [0.15, 0.2) is 78.9 Å². The lowest BCUT2D eigenvalue weighted by molar-refractivity contribution is -0.118. The van der Waals surface area contributed by atoms with Crippen molar-refractivity contribution in [1.82, 2.24) is 5.32 Å². The molecule has 0 bridgehead atoms. The minimum Gasteiger partial charge on any atom is -0.484 e. The van der Waals surface area contributed by atoms with Crippen LogP contribution in [0.4, 0.5) is 5.69 Å². The first-order chi connectivity index (χ1) is 14.0. The topological polar surface area (TPSA) is 67.4 Å². The first-order valence-electron chi connectivity index (χ1n) is 9.47. The van der Waals surface area contributed by atoms with Crippen LogP contribution in [0.3, 0.4) is 0 Å². The van der Waals surface area contributed by atoms with Gasteiger partial charge < -0.3 is 15.4 Å². The van der Waals surface area contributed by atoms with Gasteiger partial charge in [0.25, 0.3) is 11.8 Å². The Kier molecular flexibility index (Phi) is 6.63. The maximum atomic E-state index is 12.7. The van der Waals surface area contributed by atoms with Crippen molar-refractivity contribution in [3.05, 3.63) is 95.6 Å². The molecule has 1 atom stereocenters. The van der Waals surface area contributed by atoms with Crippen molar-refractivity contribution in [1.29, 1.82) is 0 Å². The third kappa shape index (κ3) is 5.69. The van der Waals surface area contributed by atoms with Gasteiger partial charge in [0, 0.05) is 0 Å². The third-order valence-corrected chi connectivity index (χ3v) is 4.48. The molecule has 148 valence electrons. The molecule has 0 fully saturated rings. The number of anilines is 1. The number of hydrogen-bond donors (Lipinski definition) is 2. The molecule has 29 heavy (non-hydrogen) atoms. The van der Waals surface area contributed by atoms with Gasteiger partial charge in [-0.2, -0.15) is 0 Å². The summed E-state index contributed by atoms with van der Waals surface area (Å²) >= 11 is 0. The minimum absolute atomic E-state index is 0.139. The van der Waals surface area contributed by atoms with Crippen LogP contribution >= 0.6 is 0 Å². The standard InChI is InChI=1S/C24H24N2O3/c1-17-12-14-20(15-13-17)29-16-23(27)26-22-11-7-6-10-21(22)24(28)25-18(2)19-8-4-3-5-9-19/h3-15,18H,16H2,1-2H3,(H,25,28)(H,26,27)/t18-/m1/s1. The van der Waals surface area contributed by atoms with Gasteiger partial charge in [-0.05, 0) is 43.7 Å². The van der Waals surface area contributed by atoms with E-state index in [-0.39, 0.29) is 24.5 Å². The molecule has 0 unspecified atom stereocenters. The number of hydrogen-bond acceptors (Lipinski definition) is 3. The number of ether oxygens (including phenoxy) is 1. The van der Waals surface area contributed by atoms with Crippen molar-refractivity contribution in [3.63, 3.8) is 0 Å². The van der Waals surface area contributed by atoms with Gasteiger partial charge in [0.15, 0.2) is 6.61 Å². The Bertz CT molecular complexity index is 969. The maximum absolute atomic E-state index is 12.7. The zero-order valence-corrected chi connectivity index (χ0v) is 16.5. The monoisotopic (exact) mass is 388 g/mol. The number of amides is 2. The third-order valence-electron chi connectivity index (χ3n) is 4.48. The van der Waals surface area contributed by atoms with E-state index in [1.165, 1.54) is 0 Å². The van der Waals surface area contributed by atoms with Crippen molar-refractivity contribution in [2.75, 3.05) is 11.9 Å². The molecule has 3 rings (SSSR count). The van der Waals surface area contributed by atoms with Crippen LogP contribution in [0.1, 0.15) is 34.5 Å². The number of carbonyl (C=O) groups excluding carboxylic acids is 2. The highest BCUT2D eigenvalue weighted by molar-refractivity contribution is 6.04. The van der Waals surface area contributed by atoms with E-state index >= 15 is 0 Å². The summed E-state index contributed by atoms with van der Waals surface area (Å²) in [6.07, 6.45) is 0. The van der Waals surface area contributed by atoms with Gasteiger partial charge in [0.1, 0.15) is 5.75 Å². The zero-order valence-electron chi connectivity index (χ0n) is 16.5. The number of rotatable bonds is 7. The van der Waals surface area contributed by atoms with Gasteiger partial charge in [-0.15, -0.1) is 0 Å². The van der Waals surface area contributed by atoms with E-state index in [1.54, 1.807) is 24.3 Å². The first-order valence-corrected chi connectivity index (χ1v) is 9.47. The predicted octanol–water partition coefficient (Wildman–Crippen LogP) is 4.50. The molecule has 0 aliphatic heterocycles. The molecule has 5 heteroatoms. The molecule has 2 amide bonds. The van der Waals surface area contributed by atoms with E-state index in [9.17, 15) is 9.59 Å². The SMILES string of the molecule is Cc1ccc(OCC(=O)Nc2ccccc2C(=O)N[C@H](C)c2ccccc2)cc1. The van der Waals surface area contributed by atoms with E-state index in [0.29, 0.717) is 17.0 Å². The number of aryl methyl sites for hydroxylation is 1. The highest BCUT2D eigenvalue weighted by Crippen LogP contribution is 2.18. The fraction of sp³-hybridized carbons (Fsp3) is 0.167. The number of benzene rings is 3. The van der Waals surface area contributed by atoms with Gasteiger partial charge >= 0.3 is 0 Å². The van der Waals surface area contributed by atoms with Gasteiger partial charge in [-0.3, -0.25) is 9.59 Å². The summed E-state index contributed by atoms with van der Waals surface area (Å²) in [5, 5.41) is 5.73. The van der Waals surface area contributed by atoms with Crippen LogP contribution < -0.4 is 15.4 Å². The Hall–Kier alpha value is -3.60. The van der Waals surface area contributed by atoms with E-state index in [4.69, 9.17) is 4.74 Å². The van der Waals surface area contributed by atoms with Crippen LogP contribution in [-0.2, 0) is 4.79 Å². The average molecular weight is 388 g/mol. The molecule has 3 aromatic rings. The van der Waals surface area contributed by atoms with Crippen molar-refractivity contribution >= 4 is 17.5 Å². The lowest BCUT2D eigenvalue weighted by atomic mass is 10.1. The summed E-state index contributed by atoms with van der Waals surface area (Å²) in [4.78, 5) is 25.1. The first kappa shape index (κ1) is 20.1. The largest absolute Gasteiger partial charge is 0.484 e. The summed E-state index contributed by atoms with van der Waals surface area (Å²) in [7, 11) is 0. The molecule has 0 radical (unpaired) electrons. The quantitative estimate of drug-likeness (QED) is 0.626. The second-order valence-electron chi connectivity index (χ2n) is 6.80. The number of para-hydroxylation sites is 1. The smallest absolute Gasteiger partial charge is 0.262 e. The molecule has 0 aliphatic rings. The fourth-order valence-corrected chi connectivity index (χ4v) is 2.86. The second kappa shape index (κ2) is 9.55. The molecule has 5 nitrogen and oxygen atoms in total. The normalized spacial score (nSPS) is 11.4. The lowest BCUT2D eigenvalue weighted by Crippen LogP contribution is -2.28. The van der Waals surface area contributed by atoms with Crippen LogP contribution in [0.25, 0.3) is 0 Å². The van der Waals surface area contributed by atoms with Gasteiger partial charge in [0.05, 0.1) is 17.3 Å². The summed E-state index contributed by atoms with van der Waals surface area (Å²) < 4.78 is 5.51. The molecular formula is C24H24N2O3. The van der Waals surface area contributed by atoms with Crippen LogP contribution in [-0.4, -0.2) is 18.4 Å². The van der Waals surface area contributed by atoms with Gasteiger partial charge in [-0.25, -0.2) is 0 Å². The Balaban J connectivity index is 1.62. The highest BCUT2D eigenvalue weighted by atomic mass is 16.5.